The van der Waals surface area contributed by atoms with Crippen LogP contribution < -0.4 is 0 Å². The summed E-state index contributed by atoms with van der Waals surface area (Å²) in [5.74, 6) is 0. The van der Waals surface area contributed by atoms with Gasteiger partial charge in [0.25, 0.3) is 0 Å². The zero-order chi connectivity index (χ0) is 12.3. The van der Waals surface area contributed by atoms with E-state index in [0.717, 1.165) is 0 Å². The molecule has 1 rings (SSSR count). The second kappa shape index (κ2) is 4.31. The standard InChI is InChI=1S/C6H2Br3Cl5O/c7-2-1-3(8,10)6(13,14)5(9,12)4(2,11)15/h1,15H. The zero-order valence-electron chi connectivity index (χ0n) is 6.55. The van der Waals surface area contributed by atoms with Gasteiger partial charge in [0, 0.05) is 4.48 Å². The number of hydrogen-bond acceptors (Lipinski definition) is 1. The lowest BCUT2D eigenvalue weighted by Gasteiger charge is -2.49. The molecule has 0 fully saturated rings. The first-order chi connectivity index (χ1) is 6.38. The van der Waals surface area contributed by atoms with Crippen molar-refractivity contribution in [1.29, 1.82) is 0 Å². The van der Waals surface area contributed by atoms with Gasteiger partial charge < -0.3 is 5.11 Å². The fraction of sp³-hybridized carbons (Fsp3) is 0.667. The Kier molecular flexibility index (Phi) is 4.49. The molecule has 0 aromatic heterocycles. The number of hydrogen-bond donors (Lipinski definition) is 1. The first-order valence-corrected chi connectivity index (χ1v) is 7.58. The van der Waals surface area contributed by atoms with Crippen LogP contribution in [0, 0.1) is 0 Å². The summed E-state index contributed by atoms with van der Waals surface area (Å²) >= 11 is 39.0. The summed E-state index contributed by atoms with van der Waals surface area (Å²) in [5.41, 5.74) is 0. The molecule has 0 spiro atoms. The number of halogens is 8. The maximum Gasteiger partial charge on any atom is 0.203 e. The summed E-state index contributed by atoms with van der Waals surface area (Å²) in [6, 6.07) is 0. The van der Waals surface area contributed by atoms with E-state index in [1.165, 1.54) is 6.08 Å². The van der Waals surface area contributed by atoms with Crippen LogP contribution in [0.1, 0.15) is 0 Å². The topological polar surface area (TPSA) is 20.2 Å². The summed E-state index contributed by atoms with van der Waals surface area (Å²) in [4.78, 5) is 0. The largest absolute Gasteiger partial charge is 0.368 e. The molecule has 0 saturated carbocycles. The molecule has 0 bridgehead atoms. The SMILES string of the molecule is OC1(Cl)C(Br)=CC(Cl)(Br)C(Cl)(Cl)C1(Cl)Br. The molecule has 1 N–H and O–H groups in total. The molecule has 15 heavy (non-hydrogen) atoms. The monoisotopic (exact) mass is 502 g/mol. The van der Waals surface area contributed by atoms with Crippen LogP contribution in [-0.2, 0) is 0 Å². The molecular weight excluding hydrogens is 505 g/mol. The lowest BCUT2D eigenvalue weighted by Crippen LogP contribution is -2.62. The molecule has 0 aromatic carbocycles. The molecule has 0 heterocycles. The molecule has 3 unspecified atom stereocenters. The molecule has 0 amide bonds. The van der Waals surface area contributed by atoms with Crippen LogP contribution in [0.2, 0.25) is 0 Å². The lowest BCUT2D eigenvalue weighted by molar-refractivity contribution is 0.148. The van der Waals surface area contributed by atoms with Crippen LogP contribution in [0.5, 0.6) is 0 Å². The highest BCUT2D eigenvalue weighted by Gasteiger charge is 2.71. The normalized spacial score (nSPS) is 50.1. The molecule has 0 saturated heterocycles. The highest BCUT2D eigenvalue weighted by Crippen LogP contribution is 2.66. The van der Waals surface area contributed by atoms with E-state index < -0.39 is 17.0 Å². The Morgan fingerprint density at radius 3 is 1.87 bits per heavy atom. The number of aliphatic hydroxyl groups is 1. The van der Waals surface area contributed by atoms with Gasteiger partial charge in [-0.05, 0) is 6.08 Å². The van der Waals surface area contributed by atoms with Crippen molar-refractivity contribution in [3.8, 4) is 0 Å². The molecule has 1 aliphatic rings. The van der Waals surface area contributed by atoms with E-state index in [4.69, 9.17) is 58.0 Å². The molecule has 1 aliphatic carbocycles. The molecule has 9 heteroatoms. The van der Waals surface area contributed by atoms with Gasteiger partial charge in [0.2, 0.25) is 5.06 Å². The zero-order valence-corrected chi connectivity index (χ0v) is 15.1. The van der Waals surface area contributed by atoms with Crippen molar-refractivity contribution in [2.45, 2.75) is 17.0 Å². The van der Waals surface area contributed by atoms with Gasteiger partial charge in [-0.2, -0.15) is 0 Å². The first-order valence-electron chi connectivity index (χ1n) is 3.31. The van der Waals surface area contributed by atoms with Gasteiger partial charge in [-0.15, -0.1) is 0 Å². The average molecular weight is 507 g/mol. The van der Waals surface area contributed by atoms with E-state index in [2.05, 4.69) is 47.8 Å². The van der Waals surface area contributed by atoms with Crippen molar-refractivity contribution in [2.24, 2.45) is 0 Å². The van der Waals surface area contributed by atoms with Gasteiger partial charge in [-0.25, -0.2) is 0 Å². The van der Waals surface area contributed by atoms with E-state index in [9.17, 15) is 5.11 Å². The third-order valence-electron chi connectivity index (χ3n) is 1.85. The Morgan fingerprint density at radius 2 is 1.47 bits per heavy atom. The molecule has 0 aliphatic heterocycles. The smallest absolute Gasteiger partial charge is 0.203 e. The van der Waals surface area contributed by atoms with E-state index in [0.29, 0.717) is 0 Å². The fourth-order valence-corrected chi connectivity index (χ4v) is 5.15. The van der Waals surface area contributed by atoms with Gasteiger partial charge >= 0.3 is 0 Å². The molecule has 1 nitrogen and oxygen atoms in total. The summed E-state index contributed by atoms with van der Waals surface area (Å²) in [7, 11) is 0. The Hall–Kier alpha value is 2.59. The molecule has 88 valence electrons. The Bertz CT molecular complexity index is 325. The number of alkyl halides is 7. The first kappa shape index (κ1) is 15.6. The van der Waals surface area contributed by atoms with Crippen LogP contribution in [0.15, 0.2) is 10.6 Å². The van der Waals surface area contributed by atoms with Crippen molar-refractivity contribution in [2.75, 3.05) is 0 Å². The van der Waals surface area contributed by atoms with Crippen molar-refractivity contribution < 1.29 is 5.11 Å². The summed E-state index contributed by atoms with van der Waals surface area (Å²) < 4.78 is -4.81. The Morgan fingerprint density at radius 1 is 1.07 bits per heavy atom. The third kappa shape index (κ3) is 2.14. The van der Waals surface area contributed by atoms with Crippen LogP contribution >= 0.6 is 106 Å². The number of allylic oxidation sites excluding steroid dienone is 1. The van der Waals surface area contributed by atoms with E-state index in [-0.39, 0.29) is 4.48 Å². The van der Waals surface area contributed by atoms with E-state index in [1.54, 1.807) is 0 Å². The fourth-order valence-electron chi connectivity index (χ4n) is 0.913. The highest BCUT2D eigenvalue weighted by molar-refractivity contribution is 9.12. The quantitative estimate of drug-likeness (QED) is 0.456. The molecule has 0 radical (unpaired) electrons. The van der Waals surface area contributed by atoms with Gasteiger partial charge in [-0.1, -0.05) is 106 Å². The minimum absolute atomic E-state index is 0.146. The van der Waals surface area contributed by atoms with E-state index in [1.807, 2.05) is 0 Å². The second-order valence-corrected chi connectivity index (χ2v) is 10.1. The minimum Gasteiger partial charge on any atom is -0.368 e. The van der Waals surface area contributed by atoms with Gasteiger partial charge in [0.05, 0.1) is 0 Å². The lowest BCUT2D eigenvalue weighted by atomic mass is 10.0. The van der Waals surface area contributed by atoms with Crippen molar-refractivity contribution in [3.63, 3.8) is 0 Å². The predicted molar refractivity (Wildman–Crippen MR) is 77.3 cm³/mol. The third-order valence-corrected chi connectivity index (χ3v) is 9.10. The Labute approximate surface area is 137 Å². The van der Waals surface area contributed by atoms with E-state index >= 15 is 0 Å². The maximum atomic E-state index is 9.96. The summed E-state index contributed by atoms with van der Waals surface area (Å²) in [5, 5.41) is 7.94. The van der Waals surface area contributed by atoms with Crippen molar-refractivity contribution in [3.05, 3.63) is 10.6 Å². The van der Waals surface area contributed by atoms with Gasteiger partial charge in [0.1, 0.15) is 0 Å². The molecular formula is C6H2Br3Cl5O. The predicted octanol–water partition coefficient (Wildman–Crippen LogP) is 5.04. The van der Waals surface area contributed by atoms with Gasteiger partial charge in [-0.3, -0.25) is 0 Å². The Balaban J connectivity index is 3.49. The van der Waals surface area contributed by atoms with Crippen LogP contribution in [-0.4, -0.2) is 22.1 Å². The number of rotatable bonds is 0. The van der Waals surface area contributed by atoms with Crippen molar-refractivity contribution in [1.82, 2.24) is 0 Å². The average Bonchev–Trinajstić information content (AvgIpc) is 2.00. The molecule has 0 aromatic rings. The van der Waals surface area contributed by atoms with Crippen LogP contribution in [0.4, 0.5) is 0 Å². The summed E-state index contributed by atoms with van der Waals surface area (Å²) in [6.07, 6.45) is 1.32. The highest BCUT2D eigenvalue weighted by atomic mass is 79.9. The van der Waals surface area contributed by atoms with Gasteiger partial charge in [0.15, 0.2) is 11.9 Å². The summed E-state index contributed by atoms with van der Waals surface area (Å²) in [6.45, 7) is 0. The van der Waals surface area contributed by atoms with Crippen LogP contribution in [0.25, 0.3) is 0 Å². The second-order valence-electron chi connectivity index (χ2n) is 2.89. The molecule has 3 atom stereocenters. The maximum absolute atomic E-state index is 9.96. The van der Waals surface area contributed by atoms with Crippen LogP contribution in [0.3, 0.4) is 0 Å². The minimum atomic E-state index is -2.02. The van der Waals surface area contributed by atoms with Crippen molar-refractivity contribution >= 4 is 106 Å².